The van der Waals surface area contributed by atoms with Crippen molar-refractivity contribution in [1.29, 1.82) is 0 Å². The van der Waals surface area contributed by atoms with Crippen molar-refractivity contribution in [1.82, 2.24) is 4.98 Å². The van der Waals surface area contributed by atoms with Crippen LogP contribution < -0.4 is 10.6 Å². The third kappa shape index (κ3) is 1.34. The van der Waals surface area contributed by atoms with Gasteiger partial charge in [0.15, 0.2) is 5.82 Å². The molecule has 0 amide bonds. The molecule has 1 aromatic heterocycles. The normalized spacial score (nSPS) is 12.2. The van der Waals surface area contributed by atoms with Gasteiger partial charge in [-0.2, -0.15) is 0 Å². The molecule has 86 valence electrons. The molecule has 4 rings (SSSR count). The summed E-state index contributed by atoms with van der Waals surface area (Å²) in [5, 5.41) is 9.23. The van der Waals surface area contributed by atoms with Crippen molar-refractivity contribution in [2.45, 2.75) is 0 Å². The van der Waals surface area contributed by atoms with Crippen molar-refractivity contribution >= 4 is 33.7 Å². The second-order valence-electron chi connectivity index (χ2n) is 4.39. The third-order valence-corrected chi connectivity index (χ3v) is 3.22. The molecule has 1 aliphatic heterocycles. The smallest absolute Gasteiger partial charge is 0.154 e. The van der Waals surface area contributed by atoms with Gasteiger partial charge in [-0.3, -0.25) is 0 Å². The Balaban J connectivity index is 1.92. The topological polar surface area (TPSA) is 37.0 Å². The first-order chi connectivity index (χ1) is 8.90. The van der Waals surface area contributed by atoms with Crippen molar-refractivity contribution < 1.29 is 0 Å². The summed E-state index contributed by atoms with van der Waals surface area (Å²) in [4.78, 5) is 4.32. The number of hydrogen-bond acceptors (Lipinski definition) is 3. The lowest BCUT2D eigenvalue weighted by atomic mass is 10.1. The Bertz CT molecular complexity index is 686. The van der Waals surface area contributed by atoms with Gasteiger partial charge in [-0.15, -0.1) is 0 Å². The maximum Gasteiger partial charge on any atom is 0.154 e. The number of anilines is 4. The molecule has 0 spiro atoms. The SMILES string of the molecule is c1cnc2c(c1)Nc1cc3ccccc3cc1N2. The van der Waals surface area contributed by atoms with E-state index in [-0.39, 0.29) is 0 Å². The van der Waals surface area contributed by atoms with Crippen molar-refractivity contribution in [2.24, 2.45) is 0 Å². The highest BCUT2D eigenvalue weighted by Crippen LogP contribution is 2.38. The zero-order valence-electron chi connectivity index (χ0n) is 9.64. The fraction of sp³-hybridized carbons (Fsp3) is 0. The number of benzene rings is 2. The van der Waals surface area contributed by atoms with Crippen molar-refractivity contribution in [3.05, 3.63) is 54.7 Å². The lowest BCUT2D eigenvalue weighted by Crippen LogP contribution is -2.07. The summed E-state index contributed by atoms with van der Waals surface area (Å²) in [5.41, 5.74) is 3.18. The number of nitrogens with zero attached hydrogens (tertiary/aromatic N) is 1. The molecule has 3 heteroatoms. The van der Waals surface area contributed by atoms with Crippen LogP contribution in [0, 0.1) is 0 Å². The van der Waals surface area contributed by atoms with Gasteiger partial charge in [-0.05, 0) is 35.0 Å². The lowest BCUT2D eigenvalue weighted by Gasteiger charge is -2.22. The average molecular weight is 233 g/mol. The van der Waals surface area contributed by atoms with E-state index in [0.717, 1.165) is 22.9 Å². The van der Waals surface area contributed by atoms with Crippen LogP contribution in [0.1, 0.15) is 0 Å². The second-order valence-corrected chi connectivity index (χ2v) is 4.39. The summed E-state index contributed by atoms with van der Waals surface area (Å²) in [6.07, 6.45) is 1.79. The summed E-state index contributed by atoms with van der Waals surface area (Å²) in [6.45, 7) is 0. The lowest BCUT2D eigenvalue weighted by molar-refractivity contribution is 1.28. The zero-order chi connectivity index (χ0) is 11.9. The summed E-state index contributed by atoms with van der Waals surface area (Å²) in [5.74, 6) is 0.875. The Morgan fingerprint density at radius 1 is 0.722 bits per heavy atom. The second kappa shape index (κ2) is 3.47. The van der Waals surface area contributed by atoms with Crippen molar-refractivity contribution in [2.75, 3.05) is 10.6 Å². The Hall–Kier alpha value is -2.55. The number of pyridine rings is 1. The molecule has 0 fully saturated rings. The van der Waals surface area contributed by atoms with Crippen molar-refractivity contribution in [3.8, 4) is 0 Å². The molecule has 0 unspecified atom stereocenters. The molecule has 1 aliphatic rings. The van der Waals surface area contributed by atoms with Gasteiger partial charge < -0.3 is 10.6 Å². The van der Waals surface area contributed by atoms with Gasteiger partial charge in [-0.25, -0.2) is 4.98 Å². The fourth-order valence-electron chi connectivity index (χ4n) is 2.33. The van der Waals surface area contributed by atoms with E-state index in [0.29, 0.717) is 0 Å². The van der Waals surface area contributed by atoms with Gasteiger partial charge >= 0.3 is 0 Å². The molecular weight excluding hydrogens is 222 g/mol. The monoisotopic (exact) mass is 233 g/mol. The van der Waals surface area contributed by atoms with E-state index >= 15 is 0 Å². The van der Waals surface area contributed by atoms with Crippen LogP contribution in [0.25, 0.3) is 10.8 Å². The van der Waals surface area contributed by atoms with Crippen LogP contribution in [0.5, 0.6) is 0 Å². The summed E-state index contributed by atoms with van der Waals surface area (Å²) >= 11 is 0. The predicted molar refractivity (Wildman–Crippen MR) is 74.8 cm³/mol. The molecule has 0 radical (unpaired) electrons. The van der Waals surface area contributed by atoms with Gasteiger partial charge in [0.2, 0.25) is 0 Å². The molecule has 0 atom stereocenters. The highest BCUT2D eigenvalue weighted by atomic mass is 15.1. The predicted octanol–water partition coefficient (Wildman–Crippen LogP) is 4.04. The zero-order valence-corrected chi connectivity index (χ0v) is 9.64. The molecule has 2 heterocycles. The minimum Gasteiger partial charge on any atom is -0.351 e. The standard InChI is InChI=1S/C15H11N3/c1-2-5-11-9-14-13(8-10(11)4-1)17-12-6-3-7-16-15(12)18-14/h1-9,17H,(H,16,18). The third-order valence-electron chi connectivity index (χ3n) is 3.22. The molecule has 18 heavy (non-hydrogen) atoms. The first-order valence-electron chi connectivity index (χ1n) is 5.92. The maximum atomic E-state index is 4.32. The van der Waals surface area contributed by atoms with E-state index in [9.17, 15) is 0 Å². The Labute approximate surface area is 104 Å². The molecule has 0 saturated heterocycles. The van der Waals surface area contributed by atoms with E-state index in [1.165, 1.54) is 10.8 Å². The summed E-state index contributed by atoms with van der Waals surface area (Å²) < 4.78 is 0. The number of aromatic nitrogens is 1. The van der Waals surface area contributed by atoms with Gasteiger partial charge in [-0.1, -0.05) is 24.3 Å². The van der Waals surface area contributed by atoms with Crippen LogP contribution >= 0.6 is 0 Å². The quantitative estimate of drug-likeness (QED) is 0.481. The Morgan fingerprint density at radius 3 is 2.22 bits per heavy atom. The highest BCUT2D eigenvalue weighted by molar-refractivity contribution is 5.97. The number of rotatable bonds is 0. The molecule has 0 bridgehead atoms. The highest BCUT2D eigenvalue weighted by Gasteiger charge is 2.14. The molecule has 0 aliphatic carbocycles. The van der Waals surface area contributed by atoms with Gasteiger partial charge in [0.25, 0.3) is 0 Å². The molecule has 2 aromatic carbocycles. The number of fused-ring (bicyclic) bond motifs is 3. The van der Waals surface area contributed by atoms with Crippen molar-refractivity contribution in [3.63, 3.8) is 0 Å². The van der Waals surface area contributed by atoms with E-state index in [1.54, 1.807) is 6.20 Å². The average Bonchev–Trinajstić information content (AvgIpc) is 2.42. The molecule has 0 saturated carbocycles. The number of nitrogens with one attached hydrogen (secondary N) is 2. The molecular formula is C15H11N3. The van der Waals surface area contributed by atoms with Crippen LogP contribution in [0.3, 0.4) is 0 Å². The van der Waals surface area contributed by atoms with Crippen LogP contribution in [0.2, 0.25) is 0 Å². The minimum absolute atomic E-state index is 0.875. The number of hydrogen-bond donors (Lipinski definition) is 2. The first-order valence-corrected chi connectivity index (χ1v) is 5.92. The molecule has 2 N–H and O–H groups in total. The van der Waals surface area contributed by atoms with Gasteiger partial charge in [0, 0.05) is 6.20 Å². The van der Waals surface area contributed by atoms with Crippen LogP contribution in [-0.4, -0.2) is 4.98 Å². The summed E-state index contributed by atoms with van der Waals surface area (Å²) in [7, 11) is 0. The first kappa shape index (κ1) is 9.48. The minimum atomic E-state index is 0.875. The van der Waals surface area contributed by atoms with E-state index in [2.05, 4.69) is 52.0 Å². The maximum absolute atomic E-state index is 4.32. The van der Waals surface area contributed by atoms with E-state index in [4.69, 9.17) is 0 Å². The van der Waals surface area contributed by atoms with Crippen LogP contribution in [0.4, 0.5) is 22.9 Å². The van der Waals surface area contributed by atoms with E-state index in [1.807, 2.05) is 12.1 Å². The molecule has 3 nitrogen and oxygen atoms in total. The van der Waals surface area contributed by atoms with E-state index < -0.39 is 0 Å². The largest absolute Gasteiger partial charge is 0.351 e. The Kier molecular flexibility index (Phi) is 1.83. The van der Waals surface area contributed by atoms with Crippen LogP contribution in [0.15, 0.2) is 54.7 Å². The fourth-order valence-corrected chi connectivity index (χ4v) is 2.33. The molecule has 3 aromatic rings. The Morgan fingerprint density at radius 2 is 1.44 bits per heavy atom. The van der Waals surface area contributed by atoms with Gasteiger partial charge in [0.05, 0.1) is 17.1 Å². The van der Waals surface area contributed by atoms with Crippen LogP contribution in [-0.2, 0) is 0 Å². The summed E-state index contributed by atoms with van der Waals surface area (Å²) in [6, 6.07) is 16.6. The van der Waals surface area contributed by atoms with Gasteiger partial charge in [0.1, 0.15) is 0 Å².